The summed E-state index contributed by atoms with van der Waals surface area (Å²) in [7, 11) is 0. The number of carbonyl (C=O) groups is 1. The second kappa shape index (κ2) is 47.8. The van der Waals surface area contributed by atoms with Gasteiger partial charge < -0.3 is 19.4 Å². The number of ether oxygens (including phenoxy) is 1. The maximum atomic E-state index is 13.1. The van der Waals surface area contributed by atoms with Crippen molar-refractivity contribution in [2.24, 2.45) is 5.92 Å². The molecule has 63 heavy (non-hydrogen) atoms. The normalized spacial score (nSPS) is 14.6. The summed E-state index contributed by atoms with van der Waals surface area (Å²) < 4.78 is 5.95. The second-order valence-corrected chi connectivity index (χ2v) is 20.5. The van der Waals surface area contributed by atoms with E-state index in [9.17, 15) is 4.79 Å². The lowest BCUT2D eigenvalue weighted by Crippen LogP contribution is -2.40. The average molecular weight is 890 g/mol. The highest BCUT2D eigenvalue weighted by molar-refractivity contribution is 5.71. The highest BCUT2D eigenvalue weighted by Crippen LogP contribution is 2.20. The summed E-state index contributed by atoms with van der Waals surface area (Å²) in [6, 6.07) is 0. The van der Waals surface area contributed by atoms with Crippen LogP contribution < -0.4 is 0 Å². The standard InChI is InChI=1S/C57H116N4O2/c1-6-11-16-21-26-31-36-43-58(44-37-32-27-22-17-12-7-2)49-50-59(45-38-33-28-23-18-13-8-3)51-52-61-48-41-56(54-61)42-53-63-57(62)55-60(46-39-34-29-24-19-14-9-4)47-40-35-30-25-20-15-10-5/h56H,6-55H2,1-5H3. The number of rotatable bonds is 51. The minimum Gasteiger partial charge on any atom is -0.465 e. The number of esters is 1. The molecule has 0 amide bonds. The Hall–Kier alpha value is -0.690. The van der Waals surface area contributed by atoms with Crippen LogP contribution in [-0.4, -0.2) is 111 Å². The lowest BCUT2D eigenvalue weighted by Gasteiger charge is -2.29. The lowest BCUT2D eigenvalue weighted by molar-refractivity contribution is -0.145. The highest BCUT2D eigenvalue weighted by Gasteiger charge is 2.23. The Morgan fingerprint density at radius 2 is 0.730 bits per heavy atom. The number of nitrogens with zero attached hydrogens (tertiary/aromatic N) is 4. The molecule has 0 radical (unpaired) electrons. The predicted octanol–water partition coefficient (Wildman–Crippen LogP) is 15.9. The molecule has 1 saturated heterocycles. The summed E-state index contributed by atoms with van der Waals surface area (Å²) in [5, 5.41) is 0. The quantitative estimate of drug-likeness (QED) is 0.0448. The van der Waals surface area contributed by atoms with Gasteiger partial charge in [0, 0.05) is 32.7 Å². The van der Waals surface area contributed by atoms with Gasteiger partial charge in [0.25, 0.3) is 0 Å². The maximum absolute atomic E-state index is 13.1. The minimum atomic E-state index is 0.00439. The van der Waals surface area contributed by atoms with Crippen LogP contribution in [0.1, 0.15) is 272 Å². The van der Waals surface area contributed by atoms with E-state index in [2.05, 4.69) is 54.2 Å². The molecule has 1 aliphatic rings. The minimum absolute atomic E-state index is 0.00439. The molecule has 1 rings (SSSR count). The Kier molecular flexibility index (Phi) is 45.8. The van der Waals surface area contributed by atoms with Crippen LogP contribution in [0.4, 0.5) is 0 Å². The molecule has 0 N–H and O–H groups in total. The molecule has 0 aliphatic carbocycles. The van der Waals surface area contributed by atoms with Gasteiger partial charge in [0.1, 0.15) is 0 Å². The third-order valence-corrected chi connectivity index (χ3v) is 14.4. The van der Waals surface area contributed by atoms with Crippen LogP contribution in [0.15, 0.2) is 0 Å². The molecule has 0 aromatic rings. The van der Waals surface area contributed by atoms with Crippen LogP contribution in [-0.2, 0) is 9.53 Å². The van der Waals surface area contributed by atoms with E-state index >= 15 is 0 Å². The van der Waals surface area contributed by atoms with Crippen molar-refractivity contribution in [3.05, 3.63) is 0 Å². The van der Waals surface area contributed by atoms with Crippen LogP contribution in [0, 0.1) is 5.92 Å². The van der Waals surface area contributed by atoms with Crippen LogP contribution in [0.3, 0.4) is 0 Å². The molecule has 1 heterocycles. The summed E-state index contributed by atoms with van der Waals surface area (Å²) in [6.45, 7) is 25.8. The van der Waals surface area contributed by atoms with Crippen molar-refractivity contribution >= 4 is 5.97 Å². The Morgan fingerprint density at radius 1 is 0.413 bits per heavy atom. The molecule has 0 aromatic carbocycles. The van der Waals surface area contributed by atoms with Crippen molar-refractivity contribution < 1.29 is 9.53 Å². The Labute approximate surface area is 396 Å². The zero-order chi connectivity index (χ0) is 45.5. The lowest BCUT2D eigenvalue weighted by atomic mass is 10.1. The van der Waals surface area contributed by atoms with Gasteiger partial charge >= 0.3 is 5.97 Å². The molecule has 1 aliphatic heterocycles. The first kappa shape index (κ1) is 60.3. The van der Waals surface area contributed by atoms with Crippen LogP contribution in [0.25, 0.3) is 0 Å². The largest absolute Gasteiger partial charge is 0.465 e. The van der Waals surface area contributed by atoms with Gasteiger partial charge in [0.2, 0.25) is 0 Å². The van der Waals surface area contributed by atoms with Crippen LogP contribution in [0.5, 0.6) is 0 Å². The number of hydrogen-bond acceptors (Lipinski definition) is 6. The van der Waals surface area contributed by atoms with Crippen molar-refractivity contribution in [1.29, 1.82) is 0 Å². The van der Waals surface area contributed by atoms with Gasteiger partial charge in [-0.3, -0.25) is 9.69 Å². The van der Waals surface area contributed by atoms with E-state index in [1.165, 1.54) is 290 Å². The van der Waals surface area contributed by atoms with Crippen molar-refractivity contribution in [1.82, 2.24) is 19.6 Å². The van der Waals surface area contributed by atoms with Gasteiger partial charge in [-0.1, -0.05) is 227 Å². The van der Waals surface area contributed by atoms with E-state index in [0.29, 0.717) is 19.1 Å². The van der Waals surface area contributed by atoms with E-state index in [4.69, 9.17) is 4.74 Å². The molecule has 1 unspecified atom stereocenters. The van der Waals surface area contributed by atoms with Gasteiger partial charge in [-0.15, -0.1) is 0 Å². The third kappa shape index (κ3) is 40.1. The van der Waals surface area contributed by atoms with Crippen molar-refractivity contribution in [3.63, 3.8) is 0 Å². The maximum Gasteiger partial charge on any atom is 0.320 e. The van der Waals surface area contributed by atoms with Gasteiger partial charge in [-0.2, -0.15) is 0 Å². The van der Waals surface area contributed by atoms with E-state index in [0.717, 1.165) is 19.5 Å². The van der Waals surface area contributed by atoms with E-state index in [1.54, 1.807) is 0 Å². The molecule has 0 aromatic heterocycles. The topological polar surface area (TPSA) is 39.3 Å². The number of likely N-dealkylation sites (tertiary alicyclic amines) is 1. The Bertz CT molecular complexity index is 883. The van der Waals surface area contributed by atoms with E-state index < -0.39 is 0 Å². The molecule has 0 bridgehead atoms. The Morgan fingerprint density at radius 3 is 1.10 bits per heavy atom. The average Bonchev–Trinajstić information content (AvgIpc) is 3.74. The molecular weight excluding hydrogens is 773 g/mol. The molecule has 1 fully saturated rings. The monoisotopic (exact) mass is 889 g/mol. The summed E-state index contributed by atoms with van der Waals surface area (Å²) >= 11 is 0. The highest BCUT2D eigenvalue weighted by atomic mass is 16.5. The number of hydrogen-bond donors (Lipinski definition) is 0. The van der Waals surface area contributed by atoms with Crippen LogP contribution in [0.2, 0.25) is 0 Å². The summed E-state index contributed by atoms with van der Waals surface area (Å²) in [4.78, 5) is 24.0. The zero-order valence-electron chi connectivity index (χ0n) is 44.0. The first-order valence-electron chi connectivity index (χ1n) is 29.1. The van der Waals surface area contributed by atoms with Gasteiger partial charge in [-0.25, -0.2) is 0 Å². The fourth-order valence-electron chi connectivity index (χ4n) is 9.89. The van der Waals surface area contributed by atoms with E-state index in [1.807, 2.05) is 0 Å². The Balaban J connectivity index is 2.61. The molecule has 1 atom stereocenters. The first-order valence-corrected chi connectivity index (χ1v) is 29.1. The third-order valence-electron chi connectivity index (χ3n) is 14.4. The SMILES string of the molecule is CCCCCCCCCN(CCCCCCCCC)CCN(CCCCCCCCC)CCN1CCC(CCOC(=O)CN(CCCCCCCCC)CCCCCCCCC)C1. The number of carbonyl (C=O) groups excluding carboxylic acids is 1. The van der Waals surface area contributed by atoms with E-state index in [-0.39, 0.29) is 5.97 Å². The van der Waals surface area contributed by atoms with Gasteiger partial charge in [0.05, 0.1) is 13.2 Å². The van der Waals surface area contributed by atoms with Gasteiger partial charge in [-0.05, 0) is 90.1 Å². The second-order valence-electron chi connectivity index (χ2n) is 20.5. The fourth-order valence-corrected chi connectivity index (χ4v) is 9.89. The van der Waals surface area contributed by atoms with Gasteiger partial charge in [0.15, 0.2) is 0 Å². The predicted molar refractivity (Wildman–Crippen MR) is 279 cm³/mol. The van der Waals surface area contributed by atoms with Crippen molar-refractivity contribution in [2.45, 2.75) is 272 Å². The zero-order valence-corrected chi connectivity index (χ0v) is 44.0. The molecule has 6 heteroatoms. The first-order chi connectivity index (χ1) is 31.1. The van der Waals surface area contributed by atoms with Crippen molar-refractivity contribution in [2.75, 3.05) is 85.1 Å². The summed E-state index contributed by atoms with van der Waals surface area (Å²) in [6.07, 6.45) is 50.1. The smallest absolute Gasteiger partial charge is 0.320 e. The molecule has 0 saturated carbocycles. The summed E-state index contributed by atoms with van der Waals surface area (Å²) in [5.41, 5.74) is 0. The molecule has 0 spiro atoms. The molecular formula is C57H116N4O2. The number of unbranched alkanes of at least 4 members (excludes halogenated alkanes) is 30. The van der Waals surface area contributed by atoms with Crippen LogP contribution >= 0.6 is 0 Å². The van der Waals surface area contributed by atoms with Crippen molar-refractivity contribution in [3.8, 4) is 0 Å². The fraction of sp³-hybridized carbons (Fsp3) is 0.982. The summed E-state index contributed by atoms with van der Waals surface area (Å²) in [5.74, 6) is 0.662. The molecule has 376 valence electrons. The molecule has 6 nitrogen and oxygen atoms in total.